The Morgan fingerprint density at radius 2 is 1.79 bits per heavy atom. The van der Waals surface area contributed by atoms with E-state index in [9.17, 15) is 0 Å². The van der Waals surface area contributed by atoms with E-state index in [1.165, 1.54) is 16.7 Å². The second-order valence-electron chi connectivity index (χ2n) is 3.75. The molecule has 0 spiro atoms. The number of nitrogens with zero attached hydrogens (tertiary/aromatic N) is 1. The number of allylic oxidation sites excluding steroid dienone is 1. The number of imidazole rings is 1. The zero-order valence-electron chi connectivity index (χ0n) is 12.4. The summed E-state index contributed by atoms with van der Waals surface area (Å²) in [5.41, 5.74) is 3.98. The van der Waals surface area contributed by atoms with Crippen LogP contribution in [0, 0.1) is 0 Å². The van der Waals surface area contributed by atoms with Crippen LogP contribution < -0.4 is 0 Å². The fraction of sp³-hybridized carbons (Fsp3) is 0.353. The molecule has 102 valence electrons. The third-order valence-corrected chi connectivity index (χ3v) is 2.82. The molecule has 2 heteroatoms. The second kappa shape index (κ2) is 8.30. The van der Waals surface area contributed by atoms with Gasteiger partial charge in [0.25, 0.3) is 0 Å². The molecule has 0 saturated heterocycles. The Balaban J connectivity index is 0.000000415. The molecule has 0 bridgehead atoms. The maximum absolute atomic E-state index is 4.31. The van der Waals surface area contributed by atoms with Gasteiger partial charge in [-0.25, -0.2) is 4.98 Å². The first-order valence-electron chi connectivity index (χ1n) is 7.23. The molecule has 0 atom stereocenters. The lowest BCUT2D eigenvalue weighted by atomic mass is 9.90. The van der Waals surface area contributed by atoms with Crippen molar-refractivity contribution in [2.75, 3.05) is 0 Å². The van der Waals surface area contributed by atoms with E-state index < -0.39 is 0 Å². The zero-order chi connectivity index (χ0) is 14.1. The summed E-state index contributed by atoms with van der Waals surface area (Å²) in [6.07, 6.45) is 8.18. The number of hydrogen-bond donors (Lipinski definition) is 1. The average Bonchev–Trinajstić information content (AvgIpc) is 3.05. The molecular weight excluding hydrogens is 232 g/mol. The summed E-state index contributed by atoms with van der Waals surface area (Å²) in [7, 11) is 0. The lowest BCUT2D eigenvalue weighted by Gasteiger charge is -2.15. The Kier molecular flexibility index (Phi) is 6.65. The van der Waals surface area contributed by atoms with Crippen molar-refractivity contribution >= 4 is 5.57 Å². The van der Waals surface area contributed by atoms with Gasteiger partial charge < -0.3 is 4.98 Å². The molecule has 3 rings (SSSR count). The van der Waals surface area contributed by atoms with Gasteiger partial charge in [0.1, 0.15) is 5.82 Å². The van der Waals surface area contributed by atoms with Crippen LogP contribution in [-0.4, -0.2) is 9.97 Å². The molecule has 1 aromatic carbocycles. The normalized spacial score (nSPS) is 12.1. The molecule has 1 aliphatic carbocycles. The highest BCUT2D eigenvalue weighted by Crippen LogP contribution is 2.29. The van der Waals surface area contributed by atoms with E-state index in [0.717, 1.165) is 18.7 Å². The molecule has 1 aromatic heterocycles. The van der Waals surface area contributed by atoms with E-state index in [1.807, 2.05) is 33.9 Å². The lowest BCUT2D eigenvalue weighted by molar-refractivity contribution is 0.972. The van der Waals surface area contributed by atoms with Crippen LogP contribution in [0.2, 0.25) is 0 Å². The number of hydrogen-bond acceptors (Lipinski definition) is 1. The molecule has 19 heavy (non-hydrogen) atoms. The van der Waals surface area contributed by atoms with Crippen molar-refractivity contribution in [3.63, 3.8) is 0 Å². The van der Waals surface area contributed by atoms with E-state index in [-0.39, 0.29) is 0 Å². The van der Waals surface area contributed by atoms with Gasteiger partial charge in [0.2, 0.25) is 0 Å². The summed E-state index contributed by atoms with van der Waals surface area (Å²) in [6, 6.07) is 8.55. The standard InChI is InChI=1S/C13H12N2.2C2H6/c1-2-6-11-10(4-1)5-3-7-12(11)13-14-8-9-15-13;2*1-2/h1-2,4,6-9H,3,5H2,(H,14,15);2*1-2H3. The van der Waals surface area contributed by atoms with Crippen molar-refractivity contribution in [2.45, 2.75) is 40.5 Å². The first kappa shape index (κ1) is 15.2. The van der Waals surface area contributed by atoms with Crippen LogP contribution in [0.3, 0.4) is 0 Å². The molecule has 2 aromatic rings. The predicted molar refractivity (Wildman–Crippen MR) is 83.1 cm³/mol. The number of aromatic amines is 1. The van der Waals surface area contributed by atoms with Crippen LogP contribution >= 0.6 is 0 Å². The fourth-order valence-corrected chi connectivity index (χ4v) is 2.12. The average molecular weight is 256 g/mol. The molecular formula is C17H24N2. The van der Waals surface area contributed by atoms with Gasteiger partial charge in [-0.1, -0.05) is 58.0 Å². The summed E-state index contributed by atoms with van der Waals surface area (Å²) in [4.78, 5) is 7.48. The molecule has 0 aliphatic heterocycles. The monoisotopic (exact) mass is 256 g/mol. The van der Waals surface area contributed by atoms with E-state index in [0.29, 0.717) is 0 Å². The number of H-pyrrole nitrogens is 1. The van der Waals surface area contributed by atoms with Gasteiger partial charge in [-0.2, -0.15) is 0 Å². The van der Waals surface area contributed by atoms with Crippen LogP contribution in [-0.2, 0) is 6.42 Å². The van der Waals surface area contributed by atoms with Crippen molar-refractivity contribution in [3.05, 3.63) is 59.7 Å². The summed E-state index contributed by atoms with van der Waals surface area (Å²) in [6.45, 7) is 8.00. The van der Waals surface area contributed by atoms with Gasteiger partial charge in [0, 0.05) is 18.0 Å². The van der Waals surface area contributed by atoms with Gasteiger partial charge in [0.05, 0.1) is 0 Å². The molecule has 0 saturated carbocycles. The van der Waals surface area contributed by atoms with Crippen LogP contribution in [0.25, 0.3) is 5.57 Å². The molecule has 0 unspecified atom stereocenters. The fourth-order valence-electron chi connectivity index (χ4n) is 2.12. The third-order valence-electron chi connectivity index (χ3n) is 2.82. The first-order chi connectivity index (χ1) is 9.45. The third kappa shape index (κ3) is 3.57. The Bertz CT molecular complexity index is 496. The maximum atomic E-state index is 4.31. The minimum absolute atomic E-state index is 0.974. The van der Waals surface area contributed by atoms with Crippen LogP contribution in [0.15, 0.2) is 42.7 Å². The van der Waals surface area contributed by atoms with Crippen LogP contribution in [0.5, 0.6) is 0 Å². The number of aromatic nitrogens is 2. The van der Waals surface area contributed by atoms with E-state index in [4.69, 9.17) is 0 Å². The Morgan fingerprint density at radius 3 is 2.47 bits per heavy atom. The molecule has 2 nitrogen and oxygen atoms in total. The minimum atomic E-state index is 0.974. The van der Waals surface area contributed by atoms with Crippen LogP contribution in [0.1, 0.15) is 51.1 Å². The first-order valence-corrected chi connectivity index (χ1v) is 7.23. The number of nitrogens with one attached hydrogen (secondary N) is 1. The summed E-state index contributed by atoms with van der Waals surface area (Å²) < 4.78 is 0. The van der Waals surface area contributed by atoms with Crippen LogP contribution in [0.4, 0.5) is 0 Å². The highest BCUT2D eigenvalue weighted by Gasteiger charge is 2.14. The Labute approximate surface area is 116 Å². The van der Waals surface area contributed by atoms with Crippen molar-refractivity contribution in [1.82, 2.24) is 9.97 Å². The van der Waals surface area contributed by atoms with E-state index in [2.05, 4.69) is 40.3 Å². The second-order valence-corrected chi connectivity index (χ2v) is 3.75. The lowest BCUT2D eigenvalue weighted by Crippen LogP contribution is -2.01. The number of benzene rings is 1. The topological polar surface area (TPSA) is 28.7 Å². The van der Waals surface area contributed by atoms with Crippen molar-refractivity contribution in [2.24, 2.45) is 0 Å². The Morgan fingerprint density at radius 1 is 1.05 bits per heavy atom. The highest BCUT2D eigenvalue weighted by atomic mass is 14.9. The number of fused-ring (bicyclic) bond motifs is 1. The Hall–Kier alpha value is -1.83. The molecule has 1 aliphatic rings. The largest absolute Gasteiger partial charge is 0.345 e. The van der Waals surface area contributed by atoms with Gasteiger partial charge in [-0.05, 0) is 24.0 Å². The smallest absolute Gasteiger partial charge is 0.137 e. The molecule has 0 radical (unpaired) electrons. The van der Waals surface area contributed by atoms with Gasteiger partial charge >= 0.3 is 0 Å². The quantitative estimate of drug-likeness (QED) is 0.777. The van der Waals surface area contributed by atoms with Gasteiger partial charge in [-0.15, -0.1) is 0 Å². The summed E-state index contributed by atoms with van der Waals surface area (Å²) >= 11 is 0. The molecule has 1 heterocycles. The zero-order valence-corrected chi connectivity index (χ0v) is 12.4. The number of aryl methyl sites for hydroxylation is 1. The van der Waals surface area contributed by atoms with Crippen molar-refractivity contribution in [1.29, 1.82) is 0 Å². The highest BCUT2D eigenvalue weighted by molar-refractivity contribution is 5.79. The van der Waals surface area contributed by atoms with Gasteiger partial charge in [-0.3, -0.25) is 0 Å². The van der Waals surface area contributed by atoms with Gasteiger partial charge in [0.15, 0.2) is 0 Å². The van der Waals surface area contributed by atoms with Crippen molar-refractivity contribution < 1.29 is 0 Å². The number of rotatable bonds is 1. The maximum Gasteiger partial charge on any atom is 0.137 e. The molecule has 0 fully saturated rings. The summed E-state index contributed by atoms with van der Waals surface area (Å²) in [5.74, 6) is 0.974. The van der Waals surface area contributed by atoms with E-state index in [1.54, 1.807) is 6.20 Å². The van der Waals surface area contributed by atoms with Crippen molar-refractivity contribution in [3.8, 4) is 0 Å². The SMILES string of the molecule is C1=C(c2ncc[nH]2)c2ccccc2CC1.CC.CC. The summed E-state index contributed by atoms with van der Waals surface area (Å²) in [5, 5.41) is 0. The predicted octanol–water partition coefficient (Wildman–Crippen LogP) is 4.84. The van der Waals surface area contributed by atoms with E-state index >= 15 is 0 Å². The molecule has 1 N–H and O–H groups in total. The molecule has 0 amide bonds. The minimum Gasteiger partial charge on any atom is -0.345 e.